The number of fused-ring (bicyclic) bond motifs is 4. The number of rotatable bonds is 8. The van der Waals surface area contributed by atoms with Gasteiger partial charge in [0.05, 0.1) is 24.3 Å². The van der Waals surface area contributed by atoms with Crippen molar-refractivity contribution in [3.63, 3.8) is 0 Å². The minimum absolute atomic E-state index is 0.187. The van der Waals surface area contributed by atoms with Crippen LogP contribution in [0.2, 0.25) is 0 Å². The van der Waals surface area contributed by atoms with Crippen LogP contribution in [-0.4, -0.2) is 25.2 Å². The van der Waals surface area contributed by atoms with Crippen LogP contribution in [-0.2, 0) is 9.47 Å². The molecular formula is C37H30O6. The standard InChI is InChI=1S/C37H30O6/c1-5-8-13-23-22(4)42-34-25(23)15-11-17-27(34)29-20-32(37(39)41-7-3)30(21-31(29)36(38)40-6-2)28-18-12-16-26-24-14-9-10-19-33(24)43-35(26)28/h5,8-21H,1,6-7H2,2-4H3/b13-8-. The third kappa shape index (κ3) is 4.81. The highest BCUT2D eigenvalue weighted by atomic mass is 16.5. The summed E-state index contributed by atoms with van der Waals surface area (Å²) in [5.41, 5.74) is 5.76. The van der Waals surface area contributed by atoms with E-state index in [1.165, 1.54) is 0 Å². The van der Waals surface area contributed by atoms with Gasteiger partial charge in [0, 0.05) is 44.0 Å². The van der Waals surface area contributed by atoms with E-state index in [9.17, 15) is 9.59 Å². The molecule has 4 aromatic carbocycles. The van der Waals surface area contributed by atoms with Gasteiger partial charge in [-0.1, -0.05) is 79.4 Å². The van der Waals surface area contributed by atoms with E-state index in [1.807, 2.05) is 79.7 Å². The molecule has 6 aromatic rings. The fourth-order valence-electron chi connectivity index (χ4n) is 5.60. The normalized spacial score (nSPS) is 11.5. The average Bonchev–Trinajstić information content (AvgIpc) is 3.56. The number of carbonyl (C=O) groups excluding carboxylic acids is 2. The minimum Gasteiger partial charge on any atom is -0.462 e. The van der Waals surface area contributed by atoms with Gasteiger partial charge in [-0.2, -0.15) is 0 Å². The lowest BCUT2D eigenvalue weighted by atomic mass is 9.89. The van der Waals surface area contributed by atoms with Crippen LogP contribution in [0.25, 0.3) is 61.2 Å². The van der Waals surface area contributed by atoms with E-state index in [0.717, 1.165) is 33.1 Å². The zero-order chi connectivity index (χ0) is 30.1. The summed E-state index contributed by atoms with van der Waals surface area (Å²) in [6, 6.07) is 22.7. The van der Waals surface area contributed by atoms with Gasteiger partial charge in [-0.3, -0.25) is 0 Å². The predicted octanol–water partition coefficient (Wildman–Crippen LogP) is 9.53. The number of hydrogen-bond acceptors (Lipinski definition) is 6. The summed E-state index contributed by atoms with van der Waals surface area (Å²) in [4.78, 5) is 27.1. The Hall–Kier alpha value is -5.36. The van der Waals surface area contributed by atoms with Crippen LogP contribution >= 0.6 is 0 Å². The SMILES string of the molecule is C=C/C=C\c1c(C)oc2c(-c3cc(C(=O)OCC)c(-c4cccc5c4oc4ccccc45)cc3C(=O)OCC)cccc12. The molecule has 0 amide bonds. The summed E-state index contributed by atoms with van der Waals surface area (Å²) in [7, 11) is 0. The lowest BCUT2D eigenvalue weighted by Gasteiger charge is -2.16. The van der Waals surface area contributed by atoms with E-state index >= 15 is 0 Å². The molecule has 6 heteroatoms. The Bertz CT molecular complexity index is 2070. The van der Waals surface area contributed by atoms with Gasteiger partial charge in [0.25, 0.3) is 0 Å². The molecule has 0 aliphatic heterocycles. The minimum atomic E-state index is -0.516. The molecule has 6 rings (SSSR count). The van der Waals surface area contributed by atoms with Gasteiger partial charge in [-0.05, 0) is 39.0 Å². The summed E-state index contributed by atoms with van der Waals surface area (Å²) in [5, 5.41) is 2.73. The van der Waals surface area contributed by atoms with Crippen LogP contribution in [0.5, 0.6) is 0 Å². The molecule has 0 N–H and O–H groups in total. The molecule has 0 fully saturated rings. The second-order valence-electron chi connectivity index (χ2n) is 10.0. The van der Waals surface area contributed by atoms with Crippen LogP contribution in [0, 0.1) is 6.92 Å². The van der Waals surface area contributed by atoms with E-state index < -0.39 is 11.9 Å². The maximum absolute atomic E-state index is 13.6. The molecule has 2 heterocycles. The number of benzene rings is 4. The number of furan rings is 2. The largest absolute Gasteiger partial charge is 0.462 e. The molecule has 0 bridgehead atoms. The van der Waals surface area contributed by atoms with Gasteiger partial charge in [0.1, 0.15) is 22.5 Å². The number of aryl methyl sites for hydroxylation is 1. The van der Waals surface area contributed by atoms with Crippen LogP contribution in [0.1, 0.15) is 45.9 Å². The topological polar surface area (TPSA) is 78.9 Å². The zero-order valence-electron chi connectivity index (χ0n) is 24.2. The van der Waals surface area contributed by atoms with Crippen molar-refractivity contribution in [3.05, 3.63) is 114 Å². The molecule has 0 saturated heterocycles. The molecule has 6 nitrogen and oxygen atoms in total. The van der Waals surface area contributed by atoms with Crippen molar-refractivity contribution in [3.8, 4) is 22.3 Å². The molecule has 0 spiro atoms. The number of ether oxygens (including phenoxy) is 2. The Morgan fingerprint density at radius 3 is 1.88 bits per heavy atom. The molecule has 0 unspecified atom stereocenters. The van der Waals surface area contributed by atoms with Crippen molar-refractivity contribution in [2.24, 2.45) is 0 Å². The molecule has 0 aliphatic carbocycles. The van der Waals surface area contributed by atoms with Crippen molar-refractivity contribution in [1.82, 2.24) is 0 Å². The van der Waals surface area contributed by atoms with Crippen molar-refractivity contribution in [2.45, 2.75) is 20.8 Å². The molecule has 43 heavy (non-hydrogen) atoms. The fourth-order valence-corrected chi connectivity index (χ4v) is 5.60. The van der Waals surface area contributed by atoms with Crippen LogP contribution in [0.4, 0.5) is 0 Å². The molecule has 2 aromatic heterocycles. The van der Waals surface area contributed by atoms with E-state index in [4.69, 9.17) is 18.3 Å². The monoisotopic (exact) mass is 570 g/mol. The Morgan fingerprint density at radius 1 is 0.721 bits per heavy atom. The summed E-state index contributed by atoms with van der Waals surface area (Å²) in [6.07, 6.45) is 5.49. The summed E-state index contributed by atoms with van der Waals surface area (Å²) in [6.45, 7) is 9.55. The van der Waals surface area contributed by atoms with Gasteiger partial charge in [-0.15, -0.1) is 0 Å². The van der Waals surface area contributed by atoms with Gasteiger partial charge in [-0.25, -0.2) is 9.59 Å². The molecule has 0 aliphatic rings. The maximum atomic E-state index is 13.6. The molecule has 0 saturated carbocycles. The number of carbonyl (C=O) groups is 2. The van der Waals surface area contributed by atoms with Gasteiger partial charge >= 0.3 is 11.9 Å². The van der Waals surface area contributed by atoms with Crippen molar-refractivity contribution in [1.29, 1.82) is 0 Å². The summed E-state index contributed by atoms with van der Waals surface area (Å²) >= 11 is 0. The van der Waals surface area contributed by atoms with Crippen LogP contribution in [0.15, 0.2) is 100 Å². The maximum Gasteiger partial charge on any atom is 0.338 e. The Labute approximate surface area is 248 Å². The quantitative estimate of drug-likeness (QED) is 0.134. The zero-order valence-corrected chi connectivity index (χ0v) is 24.2. The molecule has 0 radical (unpaired) electrons. The third-order valence-corrected chi connectivity index (χ3v) is 7.47. The van der Waals surface area contributed by atoms with Gasteiger partial charge in [0.15, 0.2) is 0 Å². The Balaban J connectivity index is 1.68. The lowest BCUT2D eigenvalue weighted by Crippen LogP contribution is -2.12. The number of allylic oxidation sites excluding steroid dienone is 2. The van der Waals surface area contributed by atoms with E-state index in [0.29, 0.717) is 44.5 Å². The first-order valence-electron chi connectivity index (χ1n) is 14.2. The average molecular weight is 571 g/mol. The van der Waals surface area contributed by atoms with Crippen molar-refractivity contribution < 1.29 is 27.9 Å². The molecule has 214 valence electrons. The second kappa shape index (κ2) is 11.5. The number of para-hydroxylation sites is 3. The van der Waals surface area contributed by atoms with E-state index in [-0.39, 0.29) is 13.2 Å². The molecular weight excluding hydrogens is 540 g/mol. The molecule has 0 atom stereocenters. The highest BCUT2D eigenvalue weighted by Gasteiger charge is 2.26. The highest BCUT2D eigenvalue weighted by Crippen LogP contribution is 2.42. The lowest BCUT2D eigenvalue weighted by molar-refractivity contribution is 0.0513. The van der Waals surface area contributed by atoms with E-state index in [2.05, 4.69) is 6.58 Å². The number of esters is 2. The van der Waals surface area contributed by atoms with Crippen LogP contribution in [0.3, 0.4) is 0 Å². The van der Waals surface area contributed by atoms with E-state index in [1.54, 1.807) is 32.1 Å². The van der Waals surface area contributed by atoms with Crippen molar-refractivity contribution >= 4 is 50.9 Å². The first kappa shape index (κ1) is 27.8. The highest BCUT2D eigenvalue weighted by molar-refractivity contribution is 6.13. The van der Waals surface area contributed by atoms with Gasteiger partial charge < -0.3 is 18.3 Å². The smallest absolute Gasteiger partial charge is 0.338 e. The Kier molecular flexibility index (Phi) is 7.43. The third-order valence-electron chi connectivity index (χ3n) is 7.47. The summed E-state index contributed by atoms with van der Waals surface area (Å²) in [5.74, 6) is -0.310. The second-order valence-corrected chi connectivity index (χ2v) is 10.0. The van der Waals surface area contributed by atoms with Crippen LogP contribution < -0.4 is 0 Å². The van der Waals surface area contributed by atoms with Gasteiger partial charge in [0.2, 0.25) is 0 Å². The van der Waals surface area contributed by atoms with Crippen molar-refractivity contribution in [2.75, 3.05) is 13.2 Å². The Morgan fingerprint density at radius 2 is 1.28 bits per heavy atom. The fraction of sp³-hybridized carbons (Fsp3) is 0.135. The first-order valence-corrected chi connectivity index (χ1v) is 14.2. The predicted molar refractivity (Wildman–Crippen MR) is 170 cm³/mol. The first-order chi connectivity index (χ1) is 21.0. The number of hydrogen-bond donors (Lipinski definition) is 0. The summed E-state index contributed by atoms with van der Waals surface area (Å²) < 4.78 is 23.6.